The van der Waals surface area contributed by atoms with Crippen LogP contribution in [0, 0.1) is 58.2 Å². The maximum absolute atomic E-state index is 10.3. The molecule has 4 saturated carbocycles. The van der Waals surface area contributed by atoms with Gasteiger partial charge in [-0.2, -0.15) is 0 Å². The molecular weight excluding hydrogens is 364 g/mol. The maximum Gasteiger partial charge on any atom is 0.0543 e. The highest BCUT2D eigenvalue weighted by Crippen LogP contribution is 2.68. The Bertz CT molecular complexity index is 622. The lowest BCUT2D eigenvalue weighted by atomic mass is 9.44. The van der Waals surface area contributed by atoms with Gasteiger partial charge >= 0.3 is 0 Å². The molecule has 0 aromatic heterocycles. The Morgan fingerprint density at radius 1 is 0.867 bits per heavy atom. The topological polar surface area (TPSA) is 20.2 Å². The molecule has 4 rings (SSSR count). The van der Waals surface area contributed by atoms with Crippen molar-refractivity contribution >= 4 is 0 Å². The lowest BCUT2D eigenvalue weighted by Crippen LogP contribution is -2.54. The molecular formula is C29H50O. The first kappa shape index (κ1) is 22.9. The van der Waals surface area contributed by atoms with Crippen molar-refractivity contribution in [2.45, 2.75) is 112 Å². The lowest BCUT2D eigenvalue weighted by Gasteiger charge is -2.61. The predicted molar refractivity (Wildman–Crippen MR) is 128 cm³/mol. The first-order chi connectivity index (χ1) is 14.2. The fraction of sp³-hybridized carbons (Fsp3) is 0.931. The fourth-order valence-electron chi connectivity index (χ4n) is 9.42. The summed E-state index contributed by atoms with van der Waals surface area (Å²) in [5.41, 5.74) is 1.07. The summed E-state index contributed by atoms with van der Waals surface area (Å²) < 4.78 is 0. The minimum absolute atomic E-state index is 0.0187. The summed E-state index contributed by atoms with van der Waals surface area (Å²) in [4.78, 5) is 0. The Labute approximate surface area is 187 Å². The van der Waals surface area contributed by atoms with Crippen LogP contribution in [-0.4, -0.2) is 11.2 Å². The molecule has 0 aliphatic heterocycles. The van der Waals surface area contributed by atoms with E-state index in [2.05, 4.69) is 53.7 Å². The van der Waals surface area contributed by atoms with E-state index in [9.17, 15) is 5.11 Å². The number of aliphatic hydroxyl groups is 1. The van der Waals surface area contributed by atoms with Crippen LogP contribution in [0.15, 0.2) is 12.2 Å². The van der Waals surface area contributed by atoms with Crippen LogP contribution in [0.1, 0.15) is 106 Å². The second-order valence-electron chi connectivity index (χ2n) is 12.9. The zero-order valence-electron chi connectivity index (χ0n) is 20.9. The van der Waals surface area contributed by atoms with E-state index in [1.165, 1.54) is 51.4 Å². The van der Waals surface area contributed by atoms with E-state index >= 15 is 0 Å². The maximum atomic E-state index is 10.3. The van der Waals surface area contributed by atoms with Gasteiger partial charge in [-0.3, -0.25) is 0 Å². The summed E-state index contributed by atoms with van der Waals surface area (Å²) in [6.45, 7) is 14.9. The number of allylic oxidation sites excluding steroid dienone is 2. The molecule has 10 atom stereocenters. The van der Waals surface area contributed by atoms with Gasteiger partial charge in [0.05, 0.1) is 6.10 Å². The summed E-state index contributed by atoms with van der Waals surface area (Å²) in [6.07, 6.45) is 18.5. The quantitative estimate of drug-likeness (QED) is 0.454. The van der Waals surface area contributed by atoms with Crippen molar-refractivity contribution in [3.05, 3.63) is 12.2 Å². The predicted octanol–water partition coefficient (Wildman–Crippen LogP) is 7.88. The molecule has 0 aromatic carbocycles. The molecule has 0 spiro atoms. The third-order valence-corrected chi connectivity index (χ3v) is 11.3. The van der Waals surface area contributed by atoms with Crippen molar-refractivity contribution < 1.29 is 5.11 Å². The zero-order valence-corrected chi connectivity index (χ0v) is 20.9. The normalized spacial score (nSPS) is 48.3. The largest absolute Gasteiger partial charge is 0.393 e. The molecule has 0 saturated heterocycles. The first-order valence-corrected chi connectivity index (χ1v) is 13.6. The van der Waals surface area contributed by atoms with Crippen LogP contribution in [0.3, 0.4) is 0 Å². The van der Waals surface area contributed by atoms with E-state index in [-0.39, 0.29) is 6.10 Å². The van der Waals surface area contributed by atoms with Crippen molar-refractivity contribution in [3.8, 4) is 0 Å². The minimum Gasteiger partial charge on any atom is -0.393 e. The summed E-state index contributed by atoms with van der Waals surface area (Å²) >= 11 is 0. The van der Waals surface area contributed by atoms with Crippen LogP contribution < -0.4 is 0 Å². The second-order valence-corrected chi connectivity index (χ2v) is 12.9. The standard InChI is InChI=1S/C29H50O/c1-7-21(19(2)3)9-8-20(4)25-12-13-26-24-11-10-22-18-23(30)14-16-28(22,5)27(24)15-17-29(25,26)6/h8-9,19-27,30H,7,10-18H2,1-6H3/b9-8+/t20-,21-,22+,23+,24+,25-,26-,27+,28+,29-/m1/s1. The average Bonchev–Trinajstić information content (AvgIpc) is 3.06. The number of fused-ring (bicyclic) bond motifs is 5. The average molecular weight is 415 g/mol. The molecule has 1 heteroatoms. The molecule has 0 heterocycles. The molecule has 30 heavy (non-hydrogen) atoms. The Kier molecular flexibility index (Phi) is 6.53. The van der Waals surface area contributed by atoms with Crippen molar-refractivity contribution in [1.82, 2.24) is 0 Å². The van der Waals surface area contributed by atoms with Crippen LogP contribution in [-0.2, 0) is 0 Å². The molecule has 4 fully saturated rings. The van der Waals surface area contributed by atoms with Crippen LogP contribution in [0.2, 0.25) is 0 Å². The molecule has 0 radical (unpaired) electrons. The highest BCUT2D eigenvalue weighted by molar-refractivity contribution is 5.11. The number of rotatable bonds is 5. The van der Waals surface area contributed by atoms with Crippen LogP contribution in [0.25, 0.3) is 0 Å². The molecule has 1 nitrogen and oxygen atoms in total. The number of aliphatic hydroxyl groups excluding tert-OH is 1. The van der Waals surface area contributed by atoms with Gasteiger partial charge < -0.3 is 5.11 Å². The lowest BCUT2D eigenvalue weighted by molar-refractivity contribution is -0.128. The van der Waals surface area contributed by atoms with Gasteiger partial charge in [0.2, 0.25) is 0 Å². The Hall–Kier alpha value is -0.300. The third kappa shape index (κ3) is 3.74. The van der Waals surface area contributed by atoms with E-state index < -0.39 is 0 Å². The molecule has 0 amide bonds. The summed E-state index contributed by atoms with van der Waals surface area (Å²) in [6, 6.07) is 0. The van der Waals surface area contributed by atoms with Crippen LogP contribution in [0.5, 0.6) is 0 Å². The van der Waals surface area contributed by atoms with Crippen molar-refractivity contribution in [1.29, 1.82) is 0 Å². The molecule has 172 valence electrons. The van der Waals surface area contributed by atoms with Gasteiger partial charge in [-0.05, 0) is 122 Å². The van der Waals surface area contributed by atoms with E-state index in [1.807, 2.05) is 0 Å². The Morgan fingerprint density at radius 2 is 1.57 bits per heavy atom. The molecule has 4 aliphatic carbocycles. The molecule has 0 unspecified atom stereocenters. The van der Waals surface area contributed by atoms with Gasteiger partial charge in [-0.15, -0.1) is 0 Å². The SMILES string of the molecule is CC[C@H](/C=C/[C@@H](C)[C@H]1CC[C@@H]2[C@@H]3CC[C@H]4C[C@@H](O)CC[C@]4(C)[C@H]3CC[C@@]21C)C(C)C. The van der Waals surface area contributed by atoms with E-state index in [4.69, 9.17) is 0 Å². The van der Waals surface area contributed by atoms with Gasteiger partial charge in [-0.25, -0.2) is 0 Å². The monoisotopic (exact) mass is 414 g/mol. The number of hydrogen-bond donors (Lipinski definition) is 1. The highest BCUT2D eigenvalue weighted by Gasteiger charge is 2.60. The Morgan fingerprint density at radius 3 is 2.27 bits per heavy atom. The third-order valence-electron chi connectivity index (χ3n) is 11.3. The van der Waals surface area contributed by atoms with Crippen molar-refractivity contribution in [2.24, 2.45) is 58.2 Å². The van der Waals surface area contributed by atoms with Gasteiger partial charge in [0.25, 0.3) is 0 Å². The molecule has 4 aliphatic rings. The van der Waals surface area contributed by atoms with E-state index in [0.29, 0.717) is 10.8 Å². The zero-order chi connectivity index (χ0) is 21.7. The van der Waals surface area contributed by atoms with Crippen LogP contribution >= 0.6 is 0 Å². The van der Waals surface area contributed by atoms with Gasteiger partial charge in [-0.1, -0.05) is 53.7 Å². The summed E-state index contributed by atoms with van der Waals surface area (Å²) in [5, 5.41) is 10.3. The van der Waals surface area contributed by atoms with E-state index in [1.54, 1.807) is 0 Å². The smallest absolute Gasteiger partial charge is 0.0543 e. The highest BCUT2D eigenvalue weighted by atomic mass is 16.3. The van der Waals surface area contributed by atoms with Crippen molar-refractivity contribution in [2.75, 3.05) is 0 Å². The van der Waals surface area contributed by atoms with Gasteiger partial charge in [0.1, 0.15) is 0 Å². The van der Waals surface area contributed by atoms with Gasteiger partial charge in [0, 0.05) is 0 Å². The molecule has 0 aromatic rings. The fourth-order valence-corrected chi connectivity index (χ4v) is 9.42. The second kappa shape index (κ2) is 8.57. The summed E-state index contributed by atoms with van der Waals surface area (Å²) in [7, 11) is 0. The minimum atomic E-state index is -0.0187. The van der Waals surface area contributed by atoms with Gasteiger partial charge in [0.15, 0.2) is 0 Å². The Balaban J connectivity index is 1.49. The van der Waals surface area contributed by atoms with Crippen LogP contribution in [0.4, 0.5) is 0 Å². The van der Waals surface area contributed by atoms with Crippen molar-refractivity contribution in [3.63, 3.8) is 0 Å². The van der Waals surface area contributed by atoms with E-state index in [0.717, 1.165) is 60.2 Å². The molecule has 1 N–H and O–H groups in total. The summed E-state index contributed by atoms with van der Waals surface area (Å²) in [5.74, 6) is 6.72. The molecule has 0 bridgehead atoms. The number of hydrogen-bond acceptors (Lipinski definition) is 1. The first-order valence-electron chi connectivity index (χ1n) is 13.6.